The van der Waals surface area contributed by atoms with Crippen LogP contribution in [-0.2, 0) is 9.59 Å². The van der Waals surface area contributed by atoms with Crippen molar-refractivity contribution in [3.05, 3.63) is 82.5 Å². The van der Waals surface area contributed by atoms with Gasteiger partial charge in [-0.2, -0.15) is 0 Å². The van der Waals surface area contributed by atoms with Crippen LogP contribution in [0.15, 0.2) is 60.8 Å². The molecule has 0 radical (unpaired) electrons. The summed E-state index contributed by atoms with van der Waals surface area (Å²) in [5.41, 5.74) is 3.37. The number of carboxylic acid groups (broad SMARTS) is 2. The number of carbonyl (C=O) groups is 3. The molecule has 0 atom stereocenters. The number of piperidine rings is 1. The van der Waals surface area contributed by atoms with Crippen LogP contribution in [0, 0.1) is 0 Å². The second-order valence-electron chi connectivity index (χ2n) is 8.12. The zero-order valence-electron chi connectivity index (χ0n) is 18.6. The molecule has 178 valence electrons. The number of hydrogen-bond acceptors (Lipinski definition) is 5. The smallest absolute Gasteiger partial charge is 0.328 e. The largest absolute Gasteiger partial charge is 0.478 e. The summed E-state index contributed by atoms with van der Waals surface area (Å²) in [6.45, 7) is 2.17. The van der Waals surface area contributed by atoms with Crippen molar-refractivity contribution in [1.82, 2.24) is 9.58 Å². The van der Waals surface area contributed by atoms with Crippen LogP contribution in [0.5, 0.6) is 0 Å². The molecule has 34 heavy (non-hydrogen) atoms. The van der Waals surface area contributed by atoms with Gasteiger partial charge in [-0.3, -0.25) is 9.47 Å². The van der Waals surface area contributed by atoms with E-state index in [1.807, 2.05) is 36.5 Å². The van der Waals surface area contributed by atoms with Crippen molar-refractivity contribution in [2.75, 3.05) is 26.0 Å². The maximum atomic E-state index is 12.9. The van der Waals surface area contributed by atoms with E-state index in [9.17, 15) is 14.4 Å². The highest BCUT2D eigenvalue weighted by Crippen LogP contribution is 2.34. The van der Waals surface area contributed by atoms with Crippen LogP contribution < -0.4 is 5.84 Å². The van der Waals surface area contributed by atoms with Crippen molar-refractivity contribution in [1.29, 1.82) is 0 Å². The molecule has 9 heteroatoms. The zero-order valence-corrected chi connectivity index (χ0v) is 19.4. The molecule has 0 bridgehead atoms. The third-order valence-electron chi connectivity index (χ3n) is 5.77. The molecule has 3 aromatic rings. The van der Waals surface area contributed by atoms with E-state index in [1.165, 1.54) is 5.56 Å². The van der Waals surface area contributed by atoms with Crippen molar-refractivity contribution in [3.63, 3.8) is 0 Å². The molecule has 1 saturated heterocycles. The number of nitrogens with two attached hydrogens (primary N) is 1. The van der Waals surface area contributed by atoms with Crippen LogP contribution >= 0.6 is 11.6 Å². The lowest BCUT2D eigenvalue weighted by Crippen LogP contribution is -2.29. The molecule has 1 aliphatic heterocycles. The number of rotatable bonds is 5. The van der Waals surface area contributed by atoms with E-state index in [0.29, 0.717) is 34.2 Å². The Morgan fingerprint density at radius 1 is 1.03 bits per heavy atom. The van der Waals surface area contributed by atoms with Crippen molar-refractivity contribution in [2.24, 2.45) is 0 Å². The lowest BCUT2D eigenvalue weighted by Gasteiger charge is -2.28. The molecule has 1 aliphatic rings. The first-order valence-corrected chi connectivity index (χ1v) is 11.1. The van der Waals surface area contributed by atoms with Gasteiger partial charge >= 0.3 is 11.9 Å². The first-order valence-electron chi connectivity index (χ1n) is 10.7. The number of benzene rings is 2. The predicted octanol–water partition coefficient (Wildman–Crippen LogP) is 3.76. The summed E-state index contributed by atoms with van der Waals surface area (Å²) >= 11 is 6.21. The second-order valence-corrected chi connectivity index (χ2v) is 8.53. The molecule has 8 nitrogen and oxygen atoms in total. The van der Waals surface area contributed by atoms with Crippen molar-refractivity contribution in [3.8, 4) is 0 Å². The van der Waals surface area contributed by atoms with Crippen LogP contribution in [0.25, 0.3) is 10.9 Å². The molecule has 4 rings (SSSR count). The lowest BCUT2D eigenvalue weighted by molar-refractivity contribution is -0.134. The number of carboxylic acids is 2. The minimum absolute atomic E-state index is 0.0587. The number of nitrogens with zero attached hydrogens (tertiary/aromatic N) is 2. The number of fused-ring (bicyclic) bond motifs is 1. The van der Waals surface area contributed by atoms with Gasteiger partial charge in [0, 0.05) is 34.9 Å². The molecule has 1 fully saturated rings. The number of ketones is 1. The zero-order chi connectivity index (χ0) is 24.8. The van der Waals surface area contributed by atoms with E-state index < -0.39 is 11.9 Å². The molecule has 0 spiro atoms. The van der Waals surface area contributed by atoms with E-state index in [4.69, 9.17) is 27.7 Å². The van der Waals surface area contributed by atoms with E-state index >= 15 is 0 Å². The van der Waals surface area contributed by atoms with Gasteiger partial charge in [-0.05, 0) is 74.8 Å². The third kappa shape index (κ3) is 6.03. The maximum Gasteiger partial charge on any atom is 0.328 e. The van der Waals surface area contributed by atoms with Crippen molar-refractivity contribution >= 4 is 40.2 Å². The molecule has 0 saturated carbocycles. The van der Waals surface area contributed by atoms with E-state index in [-0.39, 0.29) is 5.78 Å². The predicted molar refractivity (Wildman–Crippen MR) is 131 cm³/mol. The van der Waals surface area contributed by atoms with Crippen LogP contribution in [0.2, 0.25) is 5.02 Å². The van der Waals surface area contributed by atoms with Crippen LogP contribution in [0.4, 0.5) is 0 Å². The van der Waals surface area contributed by atoms with Crippen molar-refractivity contribution in [2.45, 2.75) is 18.8 Å². The number of likely N-dealkylation sites (tertiary alicyclic amines) is 1. The summed E-state index contributed by atoms with van der Waals surface area (Å²) < 4.78 is 1.67. The molecule has 2 aromatic carbocycles. The minimum Gasteiger partial charge on any atom is -0.478 e. The molecule has 0 unspecified atom stereocenters. The summed E-state index contributed by atoms with van der Waals surface area (Å²) in [7, 11) is 2.16. The first kappa shape index (κ1) is 25.0. The SMILES string of the molecule is CN1CCC(c2cn(N)c3ccc(C(=O)c4ccccc4Cl)cc23)CC1.O=C(O)/C=C/C(=O)O. The van der Waals surface area contributed by atoms with Crippen LogP contribution in [0.1, 0.15) is 40.2 Å². The molecular formula is C25H26ClN3O5. The molecule has 1 aromatic heterocycles. The fourth-order valence-electron chi connectivity index (χ4n) is 4.01. The van der Waals surface area contributed by atoms with Gasteiger partial charge in [-0.15, -0.1) is 0 Å². The lowest BCUT2D eigenvalue weighted by atomic mass is 9.88. The number of aliphatic carboxylic acids is 2. The Kier molecular flexibility index (Phi) is 8.09. The van der Waals surface area contributed by atoms with Crippen LogP contribution in [-0.4, -0.2) is 57.6 Å². The monoisotopic (exact) mass is 483 g/mol. The fraction of sp³-hybridized carbons (Fsp3) is 0.240. The van der Waals surface area contributed by atoms with Gasteiger partial charge in [0.25, 0.3) is 0 Å². The summed E-state index contributed by atoms with van der Waals surface area (Å²) in [4.78, 5) is 34.4. The summed E-state index contributed by atoms with van der Waals surface area (Å²) in [6.07, 6.45) is 5.35. The standard InChI is InChI=1S/C21H22ClN3O.C4H4O4/c1-24-10-8-14(9-11-24)18-13-25(23)20-7-6-15(12-17(18)20)21(26)16-4-2-3-5-19(16)22;5-3(6)1-2-4(7)8/h2-7,12-14H,8-11,23H2,1H3;1-2H,(H,5,6)(H,7,8)/b;2-1+. The second kappa shape index (κ2) is 11.0. The quantitative estimate of drug-likeness (QED) is 0.286. The van der Waals surface area contributed by atoms with Gasteiger partial charge in [0.15, 0.2) is 5.78 Å². The van der Waals surface area contributed by atoms with E-state index in [2.05, 4.69) is 11.9 Å². The molecular weight excluding hydrogens is 458 g/mol. The number of nitrogen functional groups attached to an aromatic ring is 1. The van der Waals surface area contributed by atoms with Gasteiger partial charge in [0.05, 0.1) is 10.5 Å². The van der Waals surface area contributed by atoms with E-state index in [1.54, 1.807) is 16.8 Å². The Morgan fingerprint density at radius 3 is 2.24 bits per heavy atom. The first-order chi connectivity index (χ1) is 16.2. The molecule has 0 aliphatic carbocycles. The maximum absolute atomic E-state index is 12.9. The Balaban J connectivity index is 0.000000350. The molecule has 2 heterocycles. The molecule has 4 N–H and O–H groups in total. The van der Waals surface area contributed by atoms with Gasteiger partial charge in [0.2, 0.25) is 0 Å². The number of aromatic nitrogens is 1. The highest BCUT2D eigenvalue weighted by Gasteiger charge is 2.23. The Morgan fingerprint density at radius 2 is 1.65 bits per heavy atom. The minimum atomic E-state index is -1.26. The highest BCUT2D eigenvalue weighted by atomic mass is 35.5. The summed E-state index contributed by atoms with van der Waals surface area (Å²) in [5, 5.41) is 17.2. The van der Waals surface area contributed by atoms with Gasteiger partial charge in [0.1, 0.15) is 0 Å². The highest BCUT2D eigenvalue weighted by molar-refractivity contribution is 6.35. The van der Waals surface area contributed by atoms with Gasteiger partial charge in [-0.25, -0.2) is 9.59 Å². The summed E-state index contributed by atoms with van der Waals surface area (Å²) in [5.74, 6) is 4.08. The summed E-state index contributed by atoms with van der Waals surface area (Å²) in [6, 6.07) is 12.9. The van der Waals surface area contributed by atoms with Crippen LogP contribution in [0.3, 0.4) is 0 Å². The number of hydrogen-bond donors (Lipinski definition) is 3. The average molecular weight is 484 g/mol. The topological polar surface area (TPSA) is 126 Å². The fourth-order valence-corrected chi connectivity index (χ4v) is 4.23. The molecule has 0 amide bonds. The normalized spacial score (nSPS) is 14.6. The number of halogens is 1. The van der Waals surface area contributed by atoms with Gasteiger partial charge in [-0.1, -0.05) is 23.7 Å². The Labute approximate surface area is 201 Å². The Hall–Kier alpha value is -3.62. The number of carbonyl (C=O) groups excluding carboxylic acids is 1. The van der Waals surface area contributed by atoms with Crippen molar-refractivity contribution < 1.29 is 24.6 Å². The third-order valence-corrected chi connectivity index (χ3v) is 6.10. The van der Waals surface area contributed by atoms with Gasteiger partial charge < -0.3 is 21.0 Å². The Bertz CT molecular complexity index is 1230. The average Bonchev–Trinajstić information content (AvgIpc) is 3.14. The van der Waals surface area contributed by atoms with E-state index in [0.717, 1.165) is 36.8 Å².